The fraction of sp³-hybridized carbons (Fsp3) is 0.933. The molecule has 0 amide bonds. The van der Waals surface area contributed by atoms with Crippen LogP contribution < -0.4 is 5.32 Å². The molecule has 2 fully saturated rings. The van der Waals surface area contributed by atoms with Gasteiger partial charge in [-0.25, -0.2) is 0 Å². The zero-order valence-corrected chi connectivity index (χ0v) is 12.7. The summed E-state index contributed by atoms with van der Waals surface area (Å²) in [6, 6.07) is 0.270. The smallest absolute Gasteiger partial charge is 0.327 e. The second kappa shape index (κ2) is 5.80. The van der Waals surface area contributed by atoms with Crippen LogP contribution in [0.15, 0.2) is 0 Å². The van der Waals surface area contributed by atoms with Gasteiger partial charge in [-0.2, -0.15) is 0 Å². The van der Waals surface area contributed by atoms with Gasteiger partial charge in [0.25, 0.3) is 0 Å². The van der Waals surface area contributed by atoms with Crippen LogP contribution in [-0.2, 0) is 9.53 Å². The maximum Gasteiger partial charge on any atom is 0.327 e. The Morgan fingerprint density at radius 1 is 1.37 bits per heavy atom. The van der Waals surface area contributed by atoms with Gasteiger partial charge in [-0.3, -0.25) is 10.1 Å². The zero-order valence-electron chi connectivity index (χ0n) is 12.7. The van der Waals surface area contributed by atoms with Crippen LogP contribution in [0.3, 0.4) is 0 Å². The Hall–Kier alpha value is -0.610. The van der Waals surface area contributed by atoms with Crippen LogP contribution >= 0.6 is 0 Å². The molecule has 2 aliphatic rings. The third kappa shape index (κ3) is 3.29. The lowest BCUT2D eigenvalue weighted by Gasteiger charge is -2.34. The third-order valence-corrected chi connectivity index (χ3v) is 4.58. The van der Waals surface area contributed by atoms with Crippen LogP contribution in [0.2, 0.25) is 0 Å². The Morgan fingerprint density at radius 2 is 1.95 bits per heavy atom. The van der Waals surface area contributed by atoms with Gasteiger partial charge in [-0.05, 0) is 45.4 Å². The van der Waals surface area contributed by atoms with E-state index in [1.165, 1.54) is 26.4 Å². The molecule has 1 aliphatic carbocycles. The minimum Gasteiger partial charge on any atom is -0.468 e. The van der Waals surface area contributed by atoms with Crippen LogP contribution in [-0.4, -0.2) is 49.2 Å². The Bertz CT molecular complexity index is 320. The molecule has 0 radical (unpaired) electrons. The second-order valence-corrected chi connectivity index (χ2v) is 6.77. The largest absolute Gasteiger partial charge is 0.468 e. The molecule has 4 heteroatoms. The Balaban J connectivity index is 1.98. The van der Waals surface area contributed by atoms with Gasteiger partial charge in [0.05, 0.1) is 7.11 Å². The molecule has 19 heavy (non-hydrogen) atoms. The first kappa shape index (κ1) is 14.8. The van der Waals surface area contributed by atoms with Crippen molar-refractivity contribution in [1.82, 2.24) is 10.2 Å². The molecule has 3 unspecified atom stereocenters. The maximum absolute atomic E-state index is 12.1. The number of esters is 1. The van der Waals surface area contributed by atoms with E-state index in [0.717, 1.165) is 31.5 Å². The maximum atomic E-state index is 12.1. The van der Waals surface area contributed by atoms with Crippen molar-refractivity contribution in [1.29, 1.82) is 0 Å². The number of ether oxygens (including phenoxy) is 1. The van der Waals surface area contributed by atoms with Crippen molar-refractivity contribution >= 4 is 5.97 Å². The minimum atomic E-state index is -0.596. The van der Waals surface area contributed by atoms with Crippen molar-refractivity contribution in [2.45, 2.75) is 51.6 Å². The van der Waals surface area contributed by atoms with Crippen molar-refractivity contribution in [2.75, 3.05) is 26.7 Å². The van der Waals surface area contributed by atoms with E-state index in [1.807, 2.05) is 6.92 Å². The Morgan fingerprint density at radius 3 is 2.42 bits per heavy atom. The molecule has 1 heterocycles. The van der Waals surface area contributed by atoms with E-state index in [0.29, 0.717) is 0 Å². The number of nitrogens with zero attached hydrogens (tertiary/aromatic N) is 1. The molecule has 1 saturated carbocycles. The molecule has 110 valence electrons. The first-order chi connectivity index (χ1) is 8.94. The highest BCUT2D eigenvalue weighted by molar-refractivity contribution is 5.80. The molecule has 0 bridgehead atoms. The Labute approximate surface area is 116 Å². The highest BCUT2D eigenvalue weighted by Crippen LogP contribution is 2.38. The molecule has 1 saturated heterocycles. The molecule has 2 rings (SSSR count). The standard InChI is InChI=1S/C15H28N2O2/c1-11(2)16-15(3,14(18)19-4)10-17-8-12-6-5-7-13(12)9-17/h11-13,16H,5-10H2,1-4H3. The first-order valence-corrected chi connectivity index (χ1v) is 7.53. The predicted octanol–water partition coefficient (Wildman–Crippen LogP) is 1.65. The van der Waals surface area contributed by atoms with Crippen molar-refractivity contribution in [3.63, 3.8) is 0 Å². The molecule has 4 nitrogen and oxygen atoms in total. The van der Waals surface area contributed by atoms with Gasteiger partial charge in [0.15, 0.2) is 0 Å². The van der Waals surface area contributed by atoms with Crippen LogP contribution in [0, 0.1) is 11.8 Å². The average Bonchev–Trinajstić information content (AvgIpc) is 2.86. The number of hydrogen-bond acceptors (Lipinski definition) is 4. The van der Waals surface area contributed by atoms with Gasteiger partial charge in [-0.1, -0.05) is 6.42 Å². The summed E-state index contributed by atoms with van der Waals surface area (Å²) in [4.78, 5) is 14.5. The molecule has 0 spiro atoms. The lowest BCUT2D eigenvalue weighted by molar-refractivity contribution is -0.149. The molecular formula is C15H28N2O2. The van der Waals surface area contributed by atoms with Crippen molar-refractivity contribution in [3.05, 3.63) is 0 Å². The predicted molar refractivity (Wildman–Crippen MR) is 76.0 cm³/mol. The molecular weight excluding hydrogens is 240 g/mol. The molecule has 0 aromatic rings. The van der Waals surface area contributed by atoms with E-state index >= 15 is 0 Å². The SMILES string of the molecule is COC(=O)C(C)(CN1CC2CCCC2C1)NC(C)C. The van der Waals surface area contributed by atoms with E-state index in [9.17, 15) is 4.79 Å². The summed E-state index contributed by atoms with van der Waals surface area (Å²) in [5, 5.41) is 3.38. The third-order valence-electron chi connectivity index (χ3n) is 4.58. The number of methoxy groups -OCH3 is 1. The number of nitrogens with one attached hydrogen (secondary N) is 1. The minimum absolute atomic E-state index is 0.154. The summed E-state index contributed by atoms with van der Waals surface area (Å²) in [5.41, 5.74) is -0.596. The van der Waals surface area contributed by atoms with Gasteiger partial charge in [0, 0.05) is 25.7 Å². The number of fused-ring (bicyclic) bond motifs is 1. The summed E-state index contributed by atoms with van der Waals surface area (Å²) in [7, 11) is 1.47. The number of hydrogen-bond donors (Lipinski definition) is 1. The topological polar surface area (TPSA) is 41.6 Å². The number of likely N-dealkylation sites (tertiary alicyclic amines) is 1. The molecule has 1 aliphatic heterocycles. The summed E-state index contributed by atoms with van der Waals surface area (Å²) in [6.45, 7) is 9.16. The monoisotopic (exact) mass is 268 g/mol. The number of carbonyl (C=O) groups excluding carboxylic acids is 1. The van der Waals surface area contributed by atoms with Crippen molar-refractivity contribution < 1.29 is 9.53 Å². The van der Waals surface area contributed by atoms with E-state index in [2.05, 4.69) is 24.1 Å². The average molecular weight is 268 g/mol. The fourth-order valence-electron chi connectivity index (χ4n) is 3.94. The van der Waals surface area contributed by atoms with Crippen LogP contribution in [0.5, 0.6) is 0 Å². The summed E-state index contributed by atoms with van der Waals surface area (Å²) < 4.78 is 4.99. The van der Waals surface area contributed by atoms with Crippen LogP contribution in [0.1, 0.15) is 40.0 Å². The highest BCUT2D eigenvalue weighted by Gasteiger charge is 2.42. The van der Waals surface area contributed by atoms with E-state index in [1.54, 1.807) is 0 Å². The van der Waals surface area contributed by atoms with Gasteiger partial charge in [0.1, 0.15) is 5.54 Å². The Kier molecular flexibility index (Phi) is 4.51. The van der Waals surface area contributed by atoms with Gasteiger partial charge in [-0.15, -0.1) is 0 Å². The van der Waals surface area contributed by atoms with Crippen LogP contribution in [0.4, 0.5) is 0 Å². The van der Waals surface area contributed by atoms with Crippen LogP contribution in [0.25, 0.3) is 0 Å². The molecule has 1 N–H and O–H groups in total. The van der Waals surface area contributed by atoms with E-state index in [-0.39, 0.29) is 12.0 Å². The summed E-state index contributed by atoms with van der Waals surface area (Å²) >= 11 is 0. The second-order valence-electron chi connectivity index (χ2n) is 6.77. The lowest BCUT2D eigenvalue weighted by atomic mass is 10.0. The summed E-state index contributed by atoms with van der Waals surface area (Å²) in [6.07, 6.45) is 4.13. The van der Waals surface area contributed by atoms with Gasteiger partial charge < -0.3 is 9.64 Å². The summed E-state index contributed by atoms with van der Waals surface area (Å²) in [5.74, 6) is 1.57. The number of rotatable bonds is 5. The van der Waals surface area contributed by atoms with Crippen molar-refractivity contribution in [2.24, 2.45) is 11.8 Å². The zero-order chi connectivity index (χ0) is 14.0. The van der Waals surface area contributed by atoms with Gasteiger partial charge >= 0.3 is 5.97 Å². The first-order valence-electron chi connectivity index (χ1n) is 7.53. The quantitative estimate of drug-likeness (QED) is 0.770. The molecule has 0 aromatic carbocycles. The number of carbonyl (C=O) groups is 1. The highest BCUT2D eigenvalue weighted by atomic mass is 16.5. The van der Waals surface area contributed by atoms with Crippen molar-refractivity contribution in [3.8, 4) is 0 Å². The lowest BCUT2D eigenvalue weighted by Crippen LogP contribution is -2.59. The van der Waals surface area contributed by atoms with E-state index < -0.39 is 5.54 Å². The molecule has 0 aromatic heterocycles. The molecule has 3 atom stereocenters. The van der Waals surface area contributed by atoms with E-state index in [4.69, 9.17) is 4.74 Å². The normalized spacial score (nSPS) is 30.4. The fourth-order valence-corrected chi connectivity index (χ4v) is 3.94. The van der Waals surface area contributed by atoms with Gasteiger partial charge in [0.2, 0.25) is 0 Å².